The van der Waals surface area contributed by atoms with Crippen LogP contribution in [-0.4, -0.2) is 6.54 Å². The van der Waals surface area contributed by atoms with E-state index in [0.29, 0.717) is 16.5 Å². The van der Waals surface area contributed by atoms with Gasteiger partial charge in [0.1, 0.15) is 5.82 Å². The number of hydrogen-bond acceptors (Lipinski definition) is 1. The van der Waals surface area contributed by atoms with Crippen LogP contribution in [0.4, 0.5) is 4.39 Å². The van der Waals surface area contributed by atoms with Gasteiger partial charge in [-0.2, -0.15) is 0 Å². The summed E-state index contributed by atoms with van der Waals surface area (Å²) in [5, 5.41) is 4.20. The normalized spacial score (nSPS) is 18.2. The summed E-state index contributed by atoms with van der Waals surface area (Å²) in [4.78, 5) is 0. The molecule has 0 aromatic heterocycles. The van der Waals surface area contributed by atoms with Gasteiger partial charge in [-0.25, -0.2) is 4.39 Å². The van der Waals surface area contributed by atoms with Gasteiger partial charge >= 0.3 is 0 Å². The summed E-state index contributed by atoms with van der Waals surface area (Å²) in [5.74, 6) is 0.411. The zero-order valence-corrected chi connectivity index (χ0v) is 13.3. The van der Waals surface area contributed by atoms with Crippen molar-refractivity contribution in [1.82, 2.24) is 5.32 Å². The molecular weight excluding hydrogens is 273 g/mol. The minimum atomic E-state index is -0.211. The summed E-state index contributed by atoms with van der Waals surface area (Å²) in [6.45, 7) is 4.96. The minimum absolute atomic E-state index is 0.211. The fourth-order valence-electron chi connectivity index (χ4n) is 3.22. The predicted molar refractivity (Wildman–Crippen MR) is 83.8 cm³/mol. The van der Waals surface area contributed by atoms with E-state index in [4.69, 9.17) is 11.6 Å². The lowest BCUT2D eigenvalue weighted by Crippen LogP contribution is -2.30. The van der Waals surface area contributed by atoms with E-state index in [0.717, 1.165) is 18.5 Å². The lowest BCUT2D eigenvalue weighted by Gasteiger charge is -2.32. The van der Waals surface area contributed by atoms with Gasteiger partial charge in [0.2, 0.25) is 0 Å². The van der Waals surface area contributed by atoms with Gasteiger partial charge in [0.25, 0.3) is 0 Å². The van der Waals surface area contributed by atoms with Crippen molar-refractivity contribution >= 4 is 11.6 Å². The van der Waals surface area contributed by atoms with Crippen LogP contribution in [0.1, 0.15) is 62.6 Å². The van der Waals surface area contributed by atoms with Gasteiger partial charge in [0, 0.05) is 11.1 Å². The lowest BCUT2D eigenvalue weighted by atomic mass is 9.80. The van der Waals surface area contributed by atoms with Crippen LogP contribution in [0, 0.1) is 18.7 Å². The van der Waals surface area contributed by atoms with Crippen LogP contribution < -0.4 is 5.32 Å². The van der Waals surface area contributed by atoms with Gasteiger partial charge in [-0.15, -0.1) is 0 Å². The van der Waals surface area contributed by atoms with E-state index < -0.39 is 0 Å². The highest BCUT2D eigenvalue weighted by Crippen LogP contribution is 2.37. The quantitative estimate of drug-likeness (QED) is 0.766. The maximum atomic E-state index is 13.6. The van der Waals surface area contributed by atoms with Crippen LogP contribution in [0.2, 0.25) is 5.02 Å². The zero-order valence-electron chi connectivity index (χ0n) is 12.5. The van der Waals surface area contributed by atoms with Crippen molar-refractivity contribution in [3.8, 4) is 0 Å². The third-order valence-electron chi connectivity index (χ3n) is 4.35. The Balaban J connectivity index is 2.27. The van der Waals surface area contributed by atoms with Gasteiger partial charge in [-0.05, 0) is 55.8 Å². The molecule has 1 saturated carbocycles. The first-order valence-corrected chi connectivity index (χ1v) is 8.20. The molecule has 1 unspecified atom stereocenters. The average Bonchev–Trinajstić information content (AvgIpc) is 2.45. The Labute approximate surface area is 126 Å². The number of benzene rings is 1. The van der Waals surface area contributed by atoms with Crippen molar-refractivity contribution in [2.24, 2.45) is 5.92 Å². The van der Waals surface area contributed by atoms with E-state index in [2.05, 4.69) is 12.2 Å². The third kappa shape index (κ3) is 3.73. The molecule has 2 rings (SSSR count). The molecule has 0 spiro atoms. The Bertz CT molecular complexity index is 441. The first-order valence-electron chi connectivity index (χ1n) is 7.82. The van der Waals surface area contributed by atoms with Crippen LogP contribution >= 0.6 is 11.6 Å². The van der Waals surface area contributed by atoms with E-state index in [1.165, 1.54) is 38.2 Å². The molecule has 1 fully saturated rings. The van der Waals surface area contributed by atoms with Crippen molar-refractivity contribution in [2.45, 2.75) is 58.4 Å². The van der Waals surface area contributed by atoms with Crippen LogP contribution in [-0.2, 0) is 0 Å². The smallest absolute Gasteiger partial charge is 0.127 e. The fraction of sp³-hybridized carbons (Fsp3) is 0.647. The molecule has 112 valence electrons. The highest BCUT2D eigenvalue weighted by Gasteiger charge is 2.26. The monoisotopic (exact) mass is 297 g/mol. The van der Waals surface area contributed by atoms with Crippen LogP contribution in [0.3, 0.4) is 0 Å². The van der Waals surface area contributed by atoms with Crippen molar-refractivity contribution in [2.75, 3.05) is 6.54 Å². The standard InChI is InChI=1S/C17H25ClFN/c1-3-9-20-17(13-7-5-4-6-8-13)14-10-12(2)16(19)11-15(14)18/h10-11,13,17,20H,3-9H2,1-2H3. The number of aryl methyl sites for hydroxylation is 1. The second-order valence-electron chi connectivity index (χ2n) is 5.95. The van der Waals surface area contributed by atoms with E-state index in [1.54, 1.807) is 0 Å². The van der Waals surface area contributed by atoms with E-state index in [9.17, 15) is 4.39 Å². The highest BCUT2D eigenvalue weighted by atomic mass is 35.5. The maximum Gasteiger partial charge on any atom is 0.127 e. The molecule has 0 heterocycles. The van der Waals surface area contributed by atoms with Gasteiger partial charge in [0.15, 0.2) is 0 Å². The molecule has 1 aliphatic carbocycles. The molecule has 0 amide bonds. The van der Waals surface area contributed by atoms with Crippen LogP contribution in [0.25, 0.3) is 0 Å². The molecule has 1 atom stereocenters. The molecule has 0 aliphatic heterocycles. The number of nitrogens with one attached hydrogen (secondary N) is 1. The lowest BCUT2D eigenvalue weighted by molar-refractivity contribution is 0.272. The topological polar surface area (TPSA) is 12.0 Å². The number of halogens is 2. The maximum absolute atomic E-state index is 13.6. The van der Waals surface area contributed by atoms with E-state index in [1.807, 2.05) is 13.0 Å². The molecule has 1 aliphatic rings. The van der Waals surface area contributed by atoms with Crippen LogP contribution in [0.5, 0.6) is 0 Å². The van der Waals surface area contributed by atoms with E-state index in [-0.39, 0.29) is 11.9 Å². The number of rotatable bonds is 5. The van der Waals surface area contributed by atoms with Crippen molar-refractivity contribution < 1.29 is 4.39 Å². The summed E-state index contributed by atoms with van der Waals surface area (Å²) in [6, 6.07) is 3.66. The molecule has 0 saturated heterocycles. The minimum Gasteiger partial charge on any atom is -0.310 e. The predicted octanol–water partition coefficient (Wildman–Crippen LogP) is 5.41. The Hall–Kier alpha value is -0.600. The molecule has 1 nitrogen and oxygen atoms in total. The summed E-state index contributed by atoms with van der Waals surface area (Å²) in [7, 11) is 0. The molecule has 1 aromatic carbocycles. The molecule has 0 bridgehead atoms. The second kappa shape index (κ2) is 7.42. The van der Waals surface area contributed by atoms with Gasteiger partial charge in [-0.1, -0.05) is 43.9 Å². The molecule has 20 heavy (non-hydrogen) atoms. The second-order valence-corrected chi connectivity index (χ2v) is 6.36. The van der Waals surface area contributed by atoms with Crippen LogP contribution in [0.15, 0.2) is 12.1 Å². The molecule has 0 radical (unpaired) electrons. The van der Waals surface area contributed by atoms with E-state index >= 15 is 0 Å². The Kier molecular flexibility index (Phi) is 5.86. The fourth-order valence-corrected chi connectivity index (χ4v) is 3.48. The SMILES string of the molecule is CCCNC(c1cc(C)c(F)cc1Cl)C1CCCCC1. The summed E-state index contributed by atoms with van der Waals surface area (Å²) in [6.07, 6.45) is 7.52. The van der Waals surface area contributed by atoms with Crippen molar-refractivity contribution in [1.29, 1.82) is 0 Å². The zero-order chi connectivity index (χ0) is 14.5. The average molecular weight is 298 g/mol. The third-order valence-corrected chi connectivity index (χ3v) is 4.68. The first kappa shape index (κ1) is 15.8. The highest BCUT2D eigenvalue weighted by molar-refractivity contribution is 6.31. The summed E-state index contributed by atoms with van der Waals surface area (Å²) >= 11 is 6.31. The summed E-state index contributed by atoms with van der Waals surface area (Å²) < 4.78 is 13.6. The summed E-state index contributed by atoms with van der Waals surface area (Å²) in [5.41, 5.74) is 1.76. The molecule has 3 heteroatoms. The molecular formula is C17H25ClFN. The Morgan fingerprint density at radius 3 is 2.65 bits per heavy atom. The van der Waals surface area contributed by atoms with Crippen molar-refractivity contribution in [3.63, 3.8) is 0 Å². The molecule has 1 aromatic rings. The largest absolute Gasteiger partial charge is 0.310 e. The molecule has 1 N–H and O–H groups in total. The van der Waals surface area contributed by atoms with Gasteiger partial charge in [0.05, 0.1) is 0 Å². The Morgan fingerprint density at radius 1 is 1.30 bits per heavy atom. The first-order chi connectivity index (χ1) is 9.63. The van der Waals surface area contributed by atoms with Gasteiger partial charge in [-0.3, -0.25) is 0 Å². The Morgan fingerprint density at radius 2 is 2.00 bits per heavy atom. The number of hydrogen-bond donors (Lipinski definition) is 1. The van der Waals surface area contributed by atoms with Gasteiger partial charge < -0.3 is 5.32 Å². The van der Waals surface area contributed by atoms with Crippen molar-refractivity contribution in [3.05, 3.63) is 34.1 Å².